The van der Waals surface area contributed by atoms with Crippen LogP contribution in [0.4, 0.5) is 11.4 Å². The molecule has 1 saturated heterocycles. The van der Waals surface area contributed by atoms with Gasteiger partial charge in [0.1, 0.15) is 0 Å². The molecule has 0 aromatic heterocycles. The van der Waals surface area contributed by atoms with Gasteiger partial charge >= 0.3 is 0 Å². The van der Waals surface area contributed by atoms with Crippen molar-refractivity contribution >= 4 is 57.7 Å². The fraction of sp³-hybridized carbons (Fsp3) is 0.0645. The van der Waals surface area contributed by atoms with Crippen LogP contribution in [-0.2, 0) is 4.79 Å². The average molecular weight is 534 g/mol. The molecule has 1 atom stereocenters. The van der Waals surface area contributed by atoms with Gasteiger partial charge in [0, 0.05) is 11.3 Å². The number of Topliss-reactive ketones (excluding diaryl/α,β-unsaturated/α-hetero) is 1. The lowest BCUT2D eigenvalue weighted by Crippen LogP contribution is -2.51. The largest absolute Gasteiger partial charge is 0.286 e. The number of hydrogen-bond donors (Lipinski definition) is 0. The van der Waals surface area contributed by atoms with Gasteiger partial charge in [-0.05, 0) is 54.6 Å². The molecule has 7 heteroatoms. The molecule has 5 nitrogen and oxygen atoms in total. The van der Waals surface area contributed by atoms with E-state index in [0.29, 0.717) is 15.5 Å². The molecule has 1 unspecified atom stereocenters. The molecule has 6 rings (SSSR count). The molecule has 0 N–H and O–H groups in total. The molecular weight excluding hydrogens is 510 g/mol. The Balaban J connectivity index is 1.52. The number of carbonyl (C=O) groups excluding carboxylic acids is 2. The second kappa shape index (κ2) is 10.0. The number of carbonyl (C=O) groups is 2. The number of anilines is 2. The molecule has 1 amide bonds. The molecule has 4 aromatic rings. The lowest BCUT2D eigenvalue weighted by atomic mass is 10.1. The molecule has 1 fully saturated rings. The number of rotatable bonds is 5. The minimum absolute atomic E-state index is 0.140. The molecular formula is C31H23N3O2S2. The highest BCUT2D eigenvalue weighted by Gasteiger charge is 2.60. The molecule has 0 aliphatic carbocycles. The highest BCUT2D eigenvalue weighted by Crippen LogP contribution is 2.59. The van der Waals surface area contributed by atoms with Crippen molar-refractivity contribution < 1.29 is 9.59 Å². The van der Waals surface area contributed by atoms with E-state index < -0.39 is 4.33 Å². The van der Waals surface area contributed by atoms with Crippen molar-refractivity contribution in [3.63, 3.8) is 0 Å². The Hall–Kier alpha value is -4.07. The van der Waals surface area contributed by atoms with Crippen molar-refractivity contribution in [3.05, 3.63) is 137 Å². The summed E-state index contributed by atoms with van der Waals surface area (Å²) in [5, 5.41) is 7.02. The second-order valence-electron chi connectivity index (χ2n) is 8.90. The topological polar surface area (TPSA) is 53.0 Å². The lowest BCUT2D eigenvalue weighted by Gasteiger charge is -2.38. The first kappa shape index (κ1) is 24.3. The van der Waals surface area contributed by atoms with E-state index in [1.54, 1.807) is 17.0 Å². The Morgan fingerprint density at radius 2 is 1.37 bits per heavy atom. The van der Waals surface area contributed by atoms with Crippen molar-refractivity contribution in [2.24, 2.45) is 5.10 Å². The first-order valence-corrected chi connectivity index (χ1v) is 13.8. The van der Waals surface area contributed by atoms with Crippen molar-refractivity contribution in [3.8, 4) is 0 Å². The Bertz CT molecular complexity index is 1560. The molecule has 186 valence electrons. The number of ketones is 1. The number of aryl methyl sites for hydroxylation is 1. The average Bonchev–Trinajstić information content (AvgIpc) is 3.46. The second-order valence-corrected chi connectivity index (χ2v) is 11.5. The summed E-state index contributed by atoms with van der Waals surface area (Å²) in [4.78, 5) is 30.1. The maximum absolute atomic E-state index is 14.1. The third-order valence-corrected chi connectivity index (χ3v) is 8.96. The van der Waals surface area contributed by atoms with Crippen molar-refractivity contribution in [1.29, 1.82) is 0 Å². The molecule has 2 aliphatic rings. The summed E-state index contributed by atoms with van der Waals surface area (Å²) in [5.74, 6) is -0.315. The Morgan fingerprint density at radius 1 is 0.763 bits per heavy atom. The van der Waals surface area contributed by atoms with Gasteiger partial charge < -0.3 is 0 Å². The number of amides is 1. The molecule has 0 saturated carbocycles. The van der Waals surface area contributed by atoms with E-state index >= 15 is 0 Å². The minimum Gasteiger partial charge on any atom is -0.286 e. The SMILES string of the molecule is Cc1ccc(N2N=C(C(=O)c3ccccc3)SC23S/C(=C\c2ccccc2)C(=O)N3c2ccccc2)cc1. The van der Waals surface area contributed by atoms with Crippen LogP contribution in [0.15, 0.2) is 125 Å². The van der Waals surface area contributed by atoms with Crippen molar-refractivity contribution in [1.82, 2.24) is 0 Å². The predicted octanol–water partition coefficient (Wildman–Crippen LogP) is 7.18. The zero-order chi connectivity index (χ0) is 26.1. The van der Waals surface area contributed by atoms with E-state index in [1.807, 2.05) is 121 Å². The fourth-order valence-electron chi connectivity index (χ4n) is 4.38. The van der Waals surface area contributed by atoms with Crippen LogP contribution in [0.5, 0.6) is 0 Å². The number of hydrazone groups is 1. The van der Waals surface area contributed by atoms with E-state index in [9.17, 15) is 9.59 Å². The summed E-state index contributed by atoms with van der Waals surface area (Å²) >= 11 is 2.71. The smallest absolute Gasteiger partial charge is 0.268 e. The van der Waals surface area contributed by atoms with Gasteiger partial charge in [-0.3, -0.25) is 14.5 Å². The van der Waals surface area contributed by atoms with Gasteiger partial charge in [-0.15, -0.1) is 0 Å². The first-order valence-electron chi connectivity index (χ1n) is 12.1. The molecule has 2 heterocycles. The molecule has 0 radical (unpaired) electrons. The van der Waals surface area contributed by atoms with Crippen LogP contribution in [0.1, 0.15) is 21.5 Å². The number of benzene rings is 4. The molecule has 2 aliphatic heterocycles. The number of hydrogen-bond acceptors (Lipinski definition) is 6. The maximum Gasteiger partial charge on any atom is 0.268 e. The van der Waals surface area contributed by atoms with Gasteiger partial charge in [-0.1, -0.05) is 108 Å². The summed E-state index contributed by atoms with van der Waals surface area (Å²) < 4.78 is -1.06. The molecule has 4 aromatic carbocycles. The highest BCUT2D eigenvalue weighted by molar-refractivity contribution is 8.29. The summed E-state index contributed by atoms with van der Waals surface area (Å²) in [6.45, 7) is 2.02. The van der Waals surface area contributed by atoms with Gasteiger partial charge in [-0.25, -0.2) is 5.01 Å². The van der Waals surface area contributed by atoms with E-state index in [2.05, 4.69) is 0 Å². The highest BCUT2D eigenvalue weighted by atomic mass is 32.2. The standard InChI is InChI=1S/C31H23N3O2S2/c1-22-17-19-26(20-18-22)34-31(38-29(32-34)28(35)24-13-7-3-8-14-24)33(25-15-9-4-10-16-25)30(36)27(37-31)21-23-11-5-2-6-12-23/h2-21H,1H3/b27-21-. The zero-order valence-electron chi connectivity index (χ0n) is 20.5. The maximum atomic E-state index is 14.1. The third kappa shape index (κ3) is 4.34. The Labute approximate surface area is 229 Å². The van der Waals surface area contributed by atoms with E-state index in [0.717, 1.165) is 22.5 Å². The number of para-hydroxylation sites is 1. The monoisotopic (exact) mass is 533 g/mol. The van der Waals surface area contributed by atoms with Crippen LogP contribution < -0.4 is 9.91 Å². The number of nitrogens with zero attached hydrogens (tertiary/aromatic N) is 3. The van der Waals surface area contributed by atoms with Crippen LogP contribution in [0.25, 0.3) is 6.08 Å². The van der Waals surface area contributed by atoms with E-state index in [1.165, 1.54) is 23.5 Å². The van der Waals surface area contributed by atoms with Crippen LogP contribution in [0, 0.1) is 6.92 Å². The van der Waals surface area contributed by atoms with Gasteiger partial charge in [0.2, 0.25) is 10.1 Å². The van der Waals surface area contributed by atoms with Crippen LogP contribution in [-0.4, -0.2) is 21.1 Å². The van der Waals surface area contributed by atoms with E-state index in [-0.39, 0.29) is 11.7 Å². The van der Waals surface area contributed by atoms with Crippen molar-refractivity contribution in [2.75, 3.05) is 9.91 Å². The molecule has 38 heavy (non-hydrogen) atoms. The van der Waals surface area contributed by atoms with Crippen molar-refractivity contribution in [2.45, 2.75) is 11.3 Å². The normalized spacial score (nSPS) is 19.9. The first-order chi connectivity index (χ1) is 18.5. The van der Waals surface area contributed by atoms with Crippen LogP contribution in [0.2, 0.25) is 0 Å². The zero-order valence-corrected chi connectivity index (χ0v) is 22.2. The summed E-state index contributed by atoms with van der Waals surface area (Å²) in [7, 11) is 0. The Morgan fingerprint density at radius 3 is 2.03 bits per heavy atom. The quantitative estimate of drug-likeness (QED) is 0.201. The summed E-state index contributed by atoms with van der Waals surface area (Å²) in [6, 6.07) is 36.5. The lowest BCUT2D eigenvalue weighted by molar-refractivity contribution is -0.114. The summed E-state index contributed by atoms with van der Waals surface area (Å²) in [5.41, 5.74) is 4.12. The van der Waals surface area contributed by atoms with Crippen LogP contribution in [0.3, 0.4) is 0 Å². The summed E-state index contributed by atoms with van der Waals surface area (Å²) in [6.07, 6.45) is 1.91. The van der Waals surface area contributed by atoms with Crippen LogP contribution >= 0.6 is 23.5 Å². The predicted molar refractivity (Wildman–Crippen MR) is 158 cm³/mol. The molecule has 1 spiro atoms. The van der Waals surface area contributed by atoms with E-state index in [4.69, 9.17) is 5.10 Å². The fourth-order valence-corrected chi connectivity index (χ4v) is 7.32. The van der Waals surface area contributed by atoms with Gasteiger partial charge in [0.25, 0.3) is 5.91 Å². The van der Waals surface area contributed by atoms with Gasteiger partial charge in [0.15, 0.2) is 5.04 Å². The minimum atomic E-state index is -1.06. The van der Waals surface area contributed by atoms with Gasteiger partial charge in [0.05, 0.1) is 10.6 Å². The Kier molecular flexibility index (Phi) is 6.39. The van der Waals surface area contributed by atoms with Gasteiger partial charge in [-0.2, -0.15) is 5.10 Å². The third-order valence-electron chi connectivity index (χ3n) is 6.25. The molecule has 0 bridgehead atoms. The number of thioether (sulfide) groups is 2.